The molecule has 7 aliphatic rings. The van der Waals surface area contributed by atoms with Gasteiger partial charge in [-0.1, -0.05) is 66.7 Å². The van der Waals surface area contributed by atoms with E-state index in [2.05, 4.69) is 48.5 Å². The van der Waals surface area contributed by atoms with Crippen molar-refractivity contribution in [3.05, 3.63) is 35.9 Å². The Bertz CT molecular complexity index is 1340. The molecular weight excluding hydrogens is 612 g/mol. The van der Waals surface area contributed by atoms with E-state index in [0.717, 1.165) is 50.0 Å². The summed E-state index contributed by atoms with van der Waals surface area (Å²) in [6.45, 7) is 17.5. The number of fused-ring (bicyclic) bond motifs is 7. The first-order valence-electron chi connectivity index (χ1n) is 20.4. The summed E-state index contributed by atoms with van der Waals surface area (Å²) in [5.74, 6) is 4.59. The molecule has 0 radical (unpaired) electrons. The summed E-state index contributed by atoms with van der Waals surface area (Å²) < 4.78 is 33.4. The number of hydrogen-bond donors (Lipinski definition) is 0. The van der Waals surface area contributed by atoms with Crippen LogP contribution in [0, 0.1) is 64.1 Å². The van der Waals surface area contributed by atoms with Crippen LogP contribution >= 0.6 is 0 Å². The van der Waals surface area contributed by atoms with Crippen LogP contribution in [0.5, 0.6) is 0 Å². The zero-order valence-corrected chi connectivity index (χ0v) is 31.4. The molecule has 0 aromatic heterocycles. The lowest BCUT2D eigenvalue weighted by atomic mass is 9.44. The molecule has 4 saturated carbocycles. The van der Waals surface area contributed by atoms with E-state index < -0.39 is 12.4 Å². The van der Waals surface area contributed by atoms with Gasteiger partial charge in [0.15, 0.2) is 18.2 Å². The minimum Gasteiger partial charge on any atom is -0.453 e. The van der Waals surface area contributed by atoms with E-state index in [0.29, 0.717) is 46.2 Å². The second-order valence-corrected chi connectivity index (χ2v) is 18.6. The standard InChI is InChI=1S/C43H64O6/c1-8-35-26(3)27(4)38(48-39(44)29-12-10-9-11-13-29)40(47-35)46-31-17-19-41(6)30(22-31)14-15-32-33(41)18-20-42(7)34(32)23-36-37(42)28(5)43(49-36)21-16-25(2)24-45-43/h9-13,25-28,30-38,40H,8,14-24H2,1-7H3/t25-,26?,27?,28-,30+,31-,32+,33-,34-,35?,36-,37-,38?,40+,41-,42-,43+/m0/s1. The second kappa shape index (κ2) is 12.9. The molecular formula is C43H64O6. The van der Waals surface area contributed by atoms with Crippen molar-refractivity contribution in [2.75, 3.05) is 6.61 Å². The molecule has 49 heavy (non-hydrogen) atoms. The van der Waals surface area contributed by atoms with Crippen molar-refractivity contribution in [3.8, 4) is 0 Å². The minimum atomic E-state index is -0.524. The van der Waals surface area contributed by atoms with Crippen molar-refractivity contribution in [2.45, 2.75) is 156 Å². The first-order valence-corrected chi connectivity index (χ1v) is 20.4. The van der Waals surface area contributed by atoms with Gasteiger partial charge in [-0.3, -0.25) is 0 Å². The van der Waals surface area contributed by atoms with Crippen LogP contribution in [0.25, 0.3) is 0 Å². The van der Waals surface area contributed by atoms with Crippen LogP contribution in [0.1, 0.15) is 129 Å². The molecule has 0 amide bonds. The molecule has 8 rings (SSSR count). The summed E-state index contributed by atoms with van der Waals surface area (Å²) in [6, 6.07) is 9.34. The van der Waals surface area contributed by atoms with E-state index in [1.54, 1.807) is 0 Å². The van der Waals surface area contributed by atoms with E-state index in [-0.39, 0.29) is 35.8 Å². The number of carbonyl (C=O) groups excluding carboxylic acids is 1. The zero-order valence-electron chi connectivity index (χ0n) is 31.4. The molecule has 272 valence electrons. The minimum absolute atomic E-state index is 0.105. The predicted molar refractivity (Wildman–Crippen MR) is 190 cm³/mol. The van der Waals surface area contributed by atoms with Crippen molar-refractivity contribution in [3.63, 3.8) is 0 Å². The third kappa shape index (κ3) is 5.59. The SMILES string of the molecule is CCC1O[C@@H](O[C@H]2CC[C@@]3(C)[C@H](CC[C@@H]4[C@@H]3CC[C@]3(C)[C@@H]5[C@H](C[C@@H]43)O[C@]3(CC[C@H](C)CO3)[C@H]5C)C2)C(OC(=O)c2ccccc2)C(C)C1C. The topological polar surface area (TPSA) is 63.2 Å². The fourth-order valence-electron chi connectivity index (χ4n) is 13.3. The largest absolute Gasteiger partial charge is 0.453 e. The highest BCUT2D eigenvalue weighted by atomic mass is 16.7. The first kappa shape index (κ1) is 34.6. The summed E-state index contributed by atoms with van der Waals surface area (Å²) >= 11 is 0. The van der Waals surface area contributed by atoms with E-state index >= 15 is 0 Å². The number of rotatable bonds is 5. The van der Waals surface area contributed by atoms with Crippen molar-refractivity contribution >= 4 is 5.97 Å². The molecule has 1 aromatic carbocycles. The molecule has 3 aliphatic heterocycles. The van der Waals surface area contributed by atoms with E-state index in [1.165, 1.54) is 44.9 Å². The summed E-state index contributed by atoms with van der Waals surface area (Å²) in [5, 5.41) is 0. The molecule has 1 spiro atoms. The molecule has 6 nitrogen and oxygen atoms in total. The van der Waals surface area contributed by atoms with E-state index in [4.69, 9.17) is 23.7 Å². The Labute approximate surface area is 296 Å². The lowest BCUT2D eigenvalue weighted by molar-refractivity contribution is -0.291. The molecule has 4 aliphatic carbocycles. The van der Waals surface area contributed by atoms with Gasteiger partial charge in [-0.25, -0.2) is 4.79 Å². The smallest absolute Gasteiger partial charge is 0.338 e. The number of carbonyl (C=O) groups is 1. The first-order chi connectivity index (χ1) is 23.5. The van der Waals surface area contributed by atoms with Crippen molar-refractivity contribution < 1.29 is 28.5 Å². The molecule has 7 fully saturated rings. The van der Waals surface area contributed by atoms with Crippen LogP contribution in [-0.4, -0.2) is 49.1 Å². The van der Waals surface area contributed by atoms with Crippen LogP contribution in [0.3, 0.4) is 0 Å². The van der Waals surface area contributed by atoms with Crippen molar-refractivity contribution in [1.82, 2.24) is 0 Å². The Morgan fingerprint density at radius 2 is 1.65 bits per heavy atom. The maximum absolute atomic E-state index is 13.2. The Kier molecular flexibility index (Phi) is 9.10. The second-order valence-electron chi connectivity index (χ2n) is 18.6. The normalized spacial score (nSPS) is 52.1. The van der Waals surface area contributed by atoms with Crippen LogP contribution in [-0.2, 0) is 23.7 Å². The molecule has 1 aromatic rings. The zero-order chi connectivity index (χ0) is 34.3. The van der Waals surface area contributed by atoms with Gasteiger partial charge >= 0.3 is 5.97 Å². The molecule has 3 saturated heterocycles. The number of esters is 1. The van der Waals surface area contributed by atoms with Crippen LogP contribution in [0.2, 0.25) is 0 Å². The predicted octanol–water partition coefficient (Wildman–Crippen LogP) is 9.45. The van der Waals surface area contributed by atoms with Gasteiger partial charge in [0.2, 0.25) is 0 Å². The summed E-state index contributed by atoms with van der Waals surface area (Å²) in [6.07, 6.45) is 12.8. The summed E-state index contributed by atoms with van der Waals surface area (Å²) in [7, 11) is 0. The lowest BCUT2D eigenvalue weighted by Crippen LogP contribution is -2.56. The van der Waals surface area contributed by atoms with Gasteiger partial charge in [0, 0.05) is 18.3 Å². The van der Waals surface area contributed by atoms with Gasteiger partial charge in [-0.15, -0.1) is 0 Å². The summed E-state index contributed by atoms with van der Waals surface area (Å²) in [5.41, 5.74) is 1.30. The van der Waals surface area contributed by atoms with Crippen molar-refractivity contribution in [1.29, 1.82) is 0 Å². The highest BCUT2D eigenvalue weighted by Gasteiger charge is 2.69. The fourth-order valence-corrected chi connectivity index (χ4v) is 13.3. The maximum atomic E-state index is 13.2. The van der Waals surface area contributed by atoms with Gasteiger partial charge in [-0.05, 0) is 129 Å². The van der Waals surface area contributed by atoms with Crippen LogP contribution in [0.15, 0.2) is 30.3 Å². The van der Waals surface area contributed by atoms with E-state index in [1.807, 2.05) is 30.3 Å². The fraction of sp³-hybridized carbons (Fsp3) is 0.837. The van der Waals surface area contributed by atoms with Crippen LogP contribution in [0.4, 0.5) is 0 Å². The molecule has 17 atom stereocenters. The Morgan fingerprint density at radius 1 is 0.878 bits per heavy atom. The van der Waals surface area contributed by atoms with Gasteiger partial charge < -0.3 is 23.7 Å². The van der Waals surface area contributed by atoms with Gasteiger partial charge in [-0.2, -0.15) is 0 Å². The third-order valence-electron chi connectivity index (χ3n) is 16.4. The van der Waals surface area contributed by atoms with Crippen molar-refractivity contribution in [2.24, 2.45) is 64.1 Å². The summed E-state index contributed by atoms with van der Waals surface area (Å²) in [4.78, 5) is 13.2. The van der Waals surface area contributed by atoms with E-state index in [9.17, 15) is 4.79 Å². The number of hydrogen-bond acceptors (Lipinski definition) is 6. The number of ether oxygens (including phenoxy) is 5. The highest BCUT2D eigenvalue weighted by molar-refractivity contribution is 5.89. The Balaban J connectivity index is 0.945. The molecule has 3 heterocycles. The van der Waals surface area contributed by atoms with Gasteiger partial charge in [0.05, 0.1) is 30.5 Å². The quantitative estimate of drug-likeness (QED) is 0.229. The third-order valence-corrected chi connectivity index (χ3v) is 16.4. The van der Waals surface area contributed by atoms with Crippen LogP contribution < -0.4 is 0 Å². The molecule has 4 unspecified atom stereocenters. The highest BCUT2D eigenvalue weighted by Crippen LogP contribution is 2.71. The monoisotopic (exact) mass is 676 g/mol. The van der Waals surface area contributed by atoms with Gasteiger partial charge in [0.1, 0.15) is 0 Å². The molecule has 0 N–H and O–H groups in total. The number of benzene rings is 1. The Morgan fingerprint density at radius 3 is 2.39 bits per heavy atom. The average molecular weight is 677 g/mol. The maximum Gasteiger partial charge on any atom is 0.338 e. The Hall–Kier alpha value is -1.47. The average Bonchev–Trinajstić information content (AvgIpc) is 3.55. The lowest BCUT2D eigenvalue weighted by Gasteiger charge is -2.61. The molecule has 6 heteroatoms. The van der Waals surface area contributed by atoms with Gasteiger partial charge in [0.25, 0.3) is 0 Å². The molecule has 0 bridgehead atoms.